The van der Waals surface area contributed by atoms with Crippen LogP contribution in [0.5, 0.6) is 17.2 Å². The van der Waals surface area contributed by atoms with E-state index >= 15 is 0 Å². The molecule has 13 nitrogen and oxygen atoms in total. The Hall–Kier alpha value is -4.34. The van der Waals surface area contributed by atoms with Gasteiger partial charge in [-0.3, -0.25) is 9.44 Å². The number of hydrogen-bond donors (Lipinski definition) is 2. The third kappa shape index (κ3) is 7.59. The summed E-state index contributed by atoms with van der Waals surface area (Å²) >= 11 is 0. The summed E-state index contributed by atoms with van der Waals surface area (Å²) in [5.41, 5.74) is -0.560. The smallest absolute Gasteiger partial charge is 0.263 e. The van der Waals surface area contributed by atoms with Crippen LogP contribution in [0.2, 0.25) is 0 Å². The van der Waals surface area contributed by atoms with E-state index in [0.717, 1.165) is 5.56 Å². The highest BCUT2D eigenvalue weighted by Crippen LogP contribution is 2.41. The zero-order valence-corrected chi connectivity index (χ0v) is 26.7. The molecule has 0 fully saturated rings. The van der Waals surface area contributed by atoms with Crippen LogP contribution in [0.25, 0.3) is 11.6 Å². The van der Waals surface area contributed by atoms with Crippen LogP contribution in [0.15, 0.2) is 71.9 Å². The third-order valence-corrected chi connectivity index (χ3v) is 9.09. The molecule has 0 aliphatic carbocycles. The van der Waals surface area contributed by atoms with Crippen molar-refractivity contribution in [2.45, 2.75) is 50.4 Å². The van der Waals surface area contributed by atoms with Crippen LogP contribution in [0.3, 0.4) is 0 Å². The fraction of sp³-hybridized carbons (Fsp3) is 0.310. The summed E-state index contributed by atoms with van der Waals surface area (Å²) in [6, 6.07) is 14.5. The summed E-state index contributed by atoms with van der Waals surface area (Å²) < 4.78 is 75.5. The van der Waals surface area contributed by atoms with E-state index in [0.29, 0.717) is 0 Å². The molecule has 0 amide bonds. The van der Waals surface area contributed by atoms with Gasteiger partial charge in [0.1, 0.15) is 0 Å². The molecule has 2 aromatic heterocycles. The highest BCUT2D eigenvalue weighted by molar-refractivity contribution is 7.93. The Morgan fingerprint density at radius 2 is 1.41 bits per heavy atom. The van der Waals surface area contributed by atoms with Gasteiger partial charge in [0.05, 0.1) is 12.0 Å². The second-order valence-electron chi connectivity index (χ2n) is 10.4. The number of aromatic nitrogens is 4. The molecule has 0 aliphatic heterocycles. The number of nitrogens with one attached hydrogen (secondary N) is 2. The Balaban J connectivity index is 1.93. The Morgan fingerprint density at radius 1 is 0.818 bits per heavy atom. The van der Waals surface area contributed by atoms with Crippen molar-refractivity contribution in [1.82, 2.24) is 19.9 Å². The Kier molecular flexibility index (Phi) is 9.71. The van der Waals surface area contributed by atoms with Crippen LogP contribution in [0.4, 0.5) is 11.6 Å². The number of methoxy groups -OCH3 is 1. The summed E-state index contributed by atoms with van der Waals surface area (Å²) in [4.78, 5) is 16.9. The molecule has 4 aromatic rings. The average Bonchev–Trinajstić information content (AvgIpc) is 2.98. The van der Waals surface area contributed by atoms with E-state index < -0.39 is 25.5 Å². The zero-order valence-electron chi connectivity index (χ0n) is 25.1. The van der Waals surface area contributed by atoms with Gasteiger partial charge in [-0.2, -0.15) is 0 Å². The minimum Gasteiger partial charge on any atom is -0.493 e. The van der Waals surface area contributed by atoms with Crippen molar-refractivity contribution in [2.24, 2.45) is 0 Å². The van der Waals surface area contributed by atoms with Crippen molar-refractivity contribution in [3.05, 3.63) is 72.6 Å². The van der Waals surface area contributed by atoms with Crippen LogP contribution < -0.4 is 18.9 Å². The zero-order chi connectivity index (χ0) is 32.1. The molecule has 15 heteroatoms. The first-order chi connectivity index (χ1) is 20.7. The highest BCUT2D eigenvalue weighted by Gasteiger charge is 2.29. The van der Waals surface area contributed by atoms with Crippen LogP contribution in [0.1, 0.15) is 40.2 Å². The van der Waals surface area contributed by atoms with Crippen molar-refractivity contribution >= 4 is 31.7 Å². The van der Waals surface area contributed by atoms with Gasteiger partial charge in [-0.05, 0) is 55.2 Å². The molecule has 2 aromatic carbocycles. The molecule has 2 N–H and O–H groups in total. The van der Waals surface area contributed by atoms with E-state index in [9.17, 15) is 16.8 Å². The molecule has 0 saturated carbocycles. The number of hydrogen-bond acceptors (Lipinski definition) is 11. The maximum absolute atomic E-state index is 13.7. The molecule has 1 atom stereocenters. The second kappa shape index (κ2) is 13.1. The number of para-hydroxylation sites is 2. The van der Waals surface area contributed by atoms with Crippen molar-refractivity contribution in [3.8, 4) is 28.9 Å². The van der Waals surface area contributed by atoms with E-state index in [4.69, 9.17) is 14.2 Å². The fourth-order valence-corrected chi connectivity index (χ4v) is 5.77. The standard InChI is InChI=1S/C29H34N6O7S2/c1-7-41-19(2)43(36,37)34-25-24(42-23-12-9-8-11-22(23)40-6)26(33-28(32-25)27-30-17-10-18-31-27)35-44(38,39)21-15-13-20(14-16-21)29(3,4)5/h8-19H,7H2,1-6H3,(H2,32,33,34,35). The first-order valence-electron chi connectivity index (χ1n) is 13.5. The maximum atomic E-state index is 13.7. The van der Waals surface area contributed by atoms with Gasteiger partial charge in [0.2, 0.25) is 11.6 Å². The van der Waals surface area contributed by atoms with E-state index in [2.05, 4.69) is 29.4 Å². The first kappa shape index (κ1) is 32.6. The lowest BCUT2D eigenvalue weighted by Crippen LogP contribution is -2.28. The number of sulfonamides is 2. The van der Waals surface area contributed by atoms with Crippen LogP contribution in [0, 0.1) is 0 Å². The number of anilines is 2. The monoisotopic (exact) mass is 642 g/mol. The van der Waals surface area contributed by atoms with Gasteiger partial charge in [-0.1, -0.05) is 45.0 Å². The molecule has 1 unspecified atom stereocenters. The molecule has 0 radical (unpaired) electrons. The summed E-state index contributed by atoms with van der Waals surface area (Å²) in [6.45, 7) is 9.16. The predicted molar refractivity (Wildman–Crippen MR) is 166 cm³/mol. The molecular formula is C29H34N6O7S2. The molecular weight excluding hydrogens is 608 g/mol. The molecule has 2 heterocycles. The normalized spacial score (nSPS) is 12.8. The van der Waals surface area contributed by atoms with Gasteiger partial charge in [0.15, 0.2) is 34.4 Å². The minimum absolute atomic E-state index is 0.00428. The summed E-state index contributed by atoms with van der Waals surface area (Å²) in [6.07, 6.45) is 2.87. The average molecular weight is 643 g/mol. The Morgan fingerprint density at radius 3 is 1.98 bits per heavy atom. The van der Waals surface area contributed by atoms with Crippen LogP contribution >= 0.6 is 0 Å². The molecule has 0 saturated heterocycles. The van der Waals surface area contributed by atoms with Crippen molar-refractivity contribution in [1.29, 1.82) is 0 Å². The molecule has 0 spiro atoms. The number of nitrogens with zero attached hydrogens (tertiary/aromatic N) is 4. The first-order valence-corrected chi connectivity index (χ1v) is 16.5. The van der Waals surface area contributed by atoms with Crippen LogP contribution in [-0.4, -0.2) is 55.9 Å². The Bertz CT molecular complexity index is 1810. The summed E-state index contributed by atoms with van der Waals surface area (Å²) in [7, 11) is -7.09. The van der Waals surface area contributed by atoms with Gasteiger partial charge in [0.25, 0.3) is 20.0 Å². The van der Waals surface area contributed by atoms with Gasteiger partial charge >= 0.3 is 0 Å². The summed E-state index contributed by atoms with van der Waals surface area (Å²) in [5, 5.41) is 0. The van der Waals surface area contributed by atoms with E-state index in [1.54, 1.807) is 49.4 Å². The third-order valence-electron chi connectivity index (χ3n) is 6.25. The number of benzene rings is 2. The van der Waals surface area contributed by atoms with E-state index in [1.165, 1.54) is 38.6 Å². The minimum atomic E-state index is -4.28. The maximum Gasteiger partial charge on any atom is 0.263 e. The van der Waals surface area contributed by atoms with Crippen molar-refractivity contribution < 1.29 is 31.0 Å². The topological polar surface area (TPSA) is 172 Å². The molecule has 234 valence electrons. The molecule has 4 rings (SSSR count). The van der Waals surface area contributed by atoms with Crippen molar-refractivity contribution in [3.63, 3.8) is 0 Å². The predicted octanol–water partition coefficient (Wildman–Crippen LogP) is 4.96. The molecule has 44 heavy (non-hydrogen) atoms. The summed E-state index contributed by atoms with van der Waals surface area (Å²) in [5.74, 6) is -0.876. The van der Waals surface area contributed by atoms with Gasteiger partial charge < -0.3 is 14.2 Å². The quantitative estimate of drug-likeness (QED) is 0.214. The lowest BCUT2D eigenvalue weighted by atomic mass is 9.87. The van der Waals surface area contributed by atoms with Gasteiger partial charge in [0, 0.05) is 19.0 Å². The molecule has 0 bridgehead atoms. The SMILES string of the molecule is CCOC(C)S(=O)(=O)Nc1nc(-c2ncccn2)nc(NS(=O)(=O)c2ccc(C(C)(C)C)cc2)c1Oc1ccccc1OC. The highest BCUT2D eigenvalue weighted by atomic mass is 32.2. The second-order valence-corrected chi connectivity index (χ2v) is 14.1. The van der Waals surface area contributed by atoms with Crippen LogP contribution in [-0.2, 0) is 30.2 Å². The largest absolute Gasteiger partial charge is 0.493 e. The van der Waals surface area contributed by atoms with Gasteiger partial charge in [-0.15, -0.1) is 0 Å². The number of ether oxygens (including phenoxy) is 3. The fourth-order valence-electron chi connectivity index (χ4n) is 3.88. The Labute approximate surface area is 257 Å². The lowest BCUT2D eigenvalue weighted by molar-refractivity contribution is 0.130. The number of rotatable bonds is 12. The van der Waals surface area contributed by atoms with E-state index in [1.807, 2.05) is 20.8 Å². The van der Waals surface area contributed by atoms with Crippen molar-refractivity contribution in [2.75, 3.05) is 23.2 Å². The molecule has 0 aliphatic rings. The van der Waals surface area contributed by atoms with Gasteiger partial charge in [-0.25, -0.2) is 36.8 Å². The van der Waals surface area contributed by atoms with E-state index in [-0.39, 0.29) is 57.5 Å². The lowest BCUT2D eigenvalue weighted by Gasteiger charge is -2.21.